The number of hydrogen-bond donors (Lipinski definition) is 1. The molecule has 1 saturated carbocycles. The lowest BCUT2D eigenvalue weighted by molar-refractivity contribution is -0.127. The lowest BCUT2D eigenvalue weighted by Gasteiger charge is -2.30. The van der Waals surface area contributed by atoms with Crippen LogP contribution in [0, 0.1) is 11.7 Å². The van der Waals surface area contributed by atoms with Gasteiger partial charge in [0.2, 0.25) is 17.6 Å². The Kier molecular flexibility index (Phi) is 5.48. The highest BCUT2D eigenvalue weighted by molar-refractivity contribution is 5.79. The van der Waals surface area contributed by atoms with Crippen LogP contribution in [0.15, 0.2) is 28.8 Å². The molecule has 2 aliphatic rings. The molecule has 0 bridgehead atoms. The Morgan fingerprint density at radius 3 is 2.56 bits per heavy atom. The molecule has 1 aliphatic carbocycles. The summed E-state index contributed by atoms with van der Waals surface area (Å²) in [5, 5.41) is 7.20. The first-order valence-corrected chi connectivity index (χ1v) is 9.78. The van der Waals surface area contributed by atoms with Crippen LogP contribution in [-0.2, 0) is 11.3 Å². The number of nitrogens with zero attached hydrogens (tertiary/aromatic N) is 3. The zero-order chi connectivity index (χ0) is 18.6. The minimum absolute atomic E-state index is 0.110. The van der Waals surface area contributed by atoms with E-state index in [1.165, 1.54) is 25.0 Å². The van der Waals surface area contributed by atoms with Crippen LogP contribution in [0.25, 0.3) is 11.4 Å². The molecule has 0 unspecified atom stereocenters. The number of halogens is 1. The molecule has 2 heterocycles. The molecule has 1 saturated heterocycles. The highest BCUT2D eigenvalue weighted by Crippen LogP contribution is 2.23. The van der Waals surface area contributed by atoms with Gasteiger partial charge in [-0.05, 0) is 63.0 Å². The summed E-state index contributed by atoms with van der Waals surface area (Å²) < 4.78 is 18.4. The van der Waals surface area contributed by atoms with E-state index in [-0.39, 0.29) is 17.6 Å². The molecule has 1 amide bonds. The van der Waals surface area contributed by atoms with Crippen molar-refractivity contribution in [1.82, 2.24) is 20.4 Å². The number of benzene rings is 1. The molecule has 1 aromatic carbocycles. The molecular formula is C20H25FN4O2. The number of carbonyl (C=O) groups is 1. The molecule has 7 heteroatoms. The van der Waals surface area contributed by atoms with Crippen molar-refractivity contribution >= 4 is 5.91 Å². The second kappa shape index (κ2) is 8.17. The lowest BCUT2D eigenvalue weighted by atomic mass is 9.95. The SMILES string of the molecule is O=C(NC1CCCC1)C1CCN(Cc2nc(-c3ccc(F)cc3)no2)CC1. The van der Waals surface area contributed by atoms with Gasteiger partial charge in [0.05, 0.1) is 6.54 Å². The van der Waals surface area contributed by atoms with Crippen LogP contribution < -0.4 is 5.32 Å². The molecule has 1 aromatic heterocycles. The number of rotatable bonds is 5. The predicted molar refractivity (Wildman–Crippen MR) is 98.1 cm³/mol. The number of hydrogen-bond acceptors (Lipinski definition) is 5. The summed E-state index contributed by atoms with van der Waals surface area (Å²) in [7, 11) is 0. The quantitative estimate of drug-likeness (QED) is 0.873. The third-order valence-electron chi connectivity index (χ3n) is 5.59. The van der Waals surface area contributed by atoms with Gasteiger partial charge in [-0.3, -0.25) is 9.69 Å². The fourth-order valence-corrected chi connectivity index (χ4v) is 3.97. The van der Waals surface area contributed by atoms with Gasteiger partial charge in [0.15, 0.2) is 0 Å². The highest BCUT2D eigenvalue weighted by atomic mass is 19.1. The van der Waals surface area contributed by atoms with E-state index in [1.54, 1.807) is 12.1 Å². The van der Waals surface area contributed by atoms with Gasteiger partial charge in [-0.15, -0.1) is 0 Å². The molecule has 0 atom stereocenters. The van der Waals surface area contributed by atoms with Crippen molar-refractivity contribution < 1.29 is 13.7 Å². The molecule has 0 spiro atoms. The summed E-state index contributed by atoms with van der Waals surface area (Å²) in [5.41, 5.74) is 0.730. The van der Waals surface area contributed by atoms with E-state index in [4.69, 9.17) is 4.52 Å². The smallest absolute Gasteiger partial charge is 0.241 e. The van der Waals surface area contributed by atoms with E-state index >= 15 is 0 Å². The van der Waals surface area contributed by atoms with Gasteiger partial charge in [-0.1, -0.05) is 18.0 Å². The average Bonchev–Trinajstić information content (AvgIpc) is 3.35. The number of aromatic nitrogens is 2. The Hall–Kier alpha value is -2.28. The maximum absolute atomic E-state index is 13.0. The average molecular weight is 372 g/mol. The van der Waals surface area contributed by atoms with E-state index in [0.717, 1.165) is 44.3 Å². The molecule has 1 N–H and O–H groups in total. The van der Waals surface area contributed by atoms with Crippen molar-refractivity contribution in [3.63, 3.8) is 0 Å². The summed E-state index contributed by atoms with van der Waals surface area (Å²) in [6.07, 6.45) is 6.42. The summed E-state index contributed by atoms with van der Waals surface area (Å²) in [6, 6.07) is 6.43. The Morgan fingerprint density at radius 2 is 1.85 bits per heavy atom. The normalized spacial score (nSPS) is 19.4. The van der Waals surface area contributed by atoms with Crippen molar-refractivity contribution in [1.29, 1.82) is 0 Å². The Labute approximate surface area is 158 Å². The standard InChI is InChI=1S/C20H25FN4O2/c21-16-7-5-14(6-8-16)19-23-18(27-24-19)13-25-11-9-15(10-12-25)20(26)22-17-3-1-2-4-17/h5-8,15,17H,1-4,9-13H2,(H,22,26). The Balaban J connectivity index is 1.27. The van der Waals surface area contributed by atoms with E-state index in [9.17, 15) is 9.18 Å². The zero-order valence-corrected chi connectivity index (χ0v) is 15.4. The minimum atomic E-state index is -0.290. The number of amides is 1. The van der Waals surface area contributed by atoms with Crippen molar-refractivity contribution in [2.24, 2.45) is 5.92 Å². The van der Waals surface area contributed by atoms with Crippen LogP contribution >= 0.6 is 0 Å². The number of piperidine rings is 1. The minimum Gasteiger partial charge on any atom is -0.353 e. The Morgan fingerprint density at radius 1 is 1.15 bits per heavy atom. The molecule has 144 valence electrons. The molecule has 4 rings (SSSR count). The molecular weight excluding hydrogens is 347 g/mol. The van der Waals surface area contributed by atoms with Crippen LogP contribution in [0.2, 0.25) is 0 Å². The van der Waals surface area contributed by atoms with Crippen molar-refractivity contribution in [3.8, 4) is 11.4 Å². The largest absolute Gasteiger partial charge is 0.353 e. The van der Waals surface area contributed by atoms with E-state index in [0.29, 0.717) is 24.3 Å². The summed E-state index contributed by atoms with van der Waals surface area (Å²) in [6.45, 7) is 2.26. The first-order chi connectivity index (χ1) is 13.2. The highest BCUT2D eigenvalue weighted by Gasteiger charge is 2.28. The molecule has 6 nitrogen and oxygen atoms in total. The number of nitrogens with one attached hydrogen (secondary N) is 1. The fourth-order valence-electron chi connectivity index (χ4n) is 3.97. The molecule has 0 radical (unpaired) electrons. The molecule has 27 heavy (non-hydrogen) atoms. The van der Waals surface area contributed by atoms with Crippen LogP contribution in [0.3, 0.4) is 0 Å². The number of carbonyl (C=O) groups excluding carboxylic acids is 1. The van der Waals surface area contributed by atoms with Crippen LogP contribution in [0.1, 0.15) is 44.4 Å². The van der Waals surface area contributed by atoms with Crippen molar-refractivity contribution in [3.05, 3.63) is 36.0 Å². The van der Waals surface area contributed by atoms with Gasteiger partial charge >= 0.3 is 0 Å². The van der Waals surface area contributed by atoms with Gasteiger partial charge in [-0.2, -0.15) is 4.98 Å². The van der Waals surface area contributed by atoms with Crippen molar-refractivity contribution in [2.45, 2.75) is 51.1 Å². The zero-order valence-electron chi connectivity index (χ0n) is 15.4. The van der Waals surface area contributed by atoms with Gasteiger partial charge in [0.1, 0.15) is 5.82 Å². The maximum Gasteiger partial charge on any atom is 0.241 e. The summed E-state index contributed by atoms with van der Waals surface area (Å²) >= 11 is 0. The molecule has 2 aromatic rings. The summed E-state index contributed by atoms with van der Waals surface area (Å²) in [4.78, 5) is 19.0. The van der Waals surface area contributed by atoms with Crippen LogP contribution in [0.5, 0.6) is 0 Å². The molecule has 1 aliphatic heterocycles. The maximum atomic E-state index is 13.0. The van der Waals surface area contributed by atoms with Gasteiger partial charge in [0.25, 0.3) is 0 Å². The lowest BCUT2D eigenvalue weighted by Crippen LogP contribution is -2.43. The third-order valence-corrected chi connectivity index (χ3v) is 5.59. The first-order valence-electron chi connectivity index (χ1n) is 9.78. The summed E-state index contributed by atoms with van der Waals surface area (Å²) in [5.74, 6) is 1.05. The van der Waals surface area contributed by atoms with Gasteiger partial charge in [-0.25, -0.2) is 4.39 Å². The third kappa shape index (κ3) is 4.53. The number of likely N-dealkylation sites (tertiary alicyclic amines) is 1. The monoisotopic (exact) mass is 372 g/mol. The predicted octanol–water partition coefficient (Wildman–Crippen LogP) is 3.15. The van der Waals surface area contributed by atoms with E-state index in [1.807, 2.05) is 0 Å². The van der Waals surface area contributed by atoms with E-state index in [2.05, 4.69) is 20.4 Å². The molecule has 2 fully saturated rings. The topological polar surface area (TPSA) is 71.3 Å². The second-order valence-corrected chi connectivity index (χ2v) is 7.56. The second-order valence-electron chi connectivity index (χ2n) is 7.56. The first kappa shape index (κ1) is 18.1. The van der Waals surface area contributed by atoms with Gasteiger partial charge in [0, 0.05) is 17.5 Å². The van der Waals surface area contributed by atoms with Crippen LogP contribution in [-0.4, -0.2) is 40.1 Å². The van der Waals surface area contributed by atoms with Gasteiger partial charge < -0.3 is 9.84 Å². The van der Waals surface area contributed by atoms with Crippen molar-refractivity contribution in [2.75, 3.05) is 13.1 Å². The van der Waals surface area contributed by atoms with E-state index < -0.39 is 0 Å². The Bertz CT molecular complexity index is 763. The van der Waals surface area contributed by atoms with Crippen LogP contribution in [0.4, 0.5) is 4.39 Å². The fraction of sp³-hybridized carbons (Fsp3) is 0.550.